The number of carbonyl (C=O) groups excluding carboxylic acids is 2. The van der Waals surface area contributed by atoms with Gasteiger partial charge in [0.25, 0.3) is 0 Å². The monoisotopic (exact) mass is 410 g/mol. The maximum Gasteiger partial charge on any atom is 0.239 e. The minimum atomic E-state index is -0.652. The highest BCUT2D eigenvalue weighted by Crippen LogP contribution is 2.44. The Morgan fingerprint density at radius 3 is 2.59 bits per heavy atom. The lowest BCUT2D eigenvalue weighted by molar-refractivity contribution is -0.126. The fraction of sp³-hybridized carbons (Fsp3) is 0.818. The number of hydrogen-bond donors (Lipinski definition) is 4. The van der Waals surface area contributed by atoms with Crippen LogP contribution >= 0.6 is 0 Å². The van der Waals surface area contributed by atoms with Crippen molar-refractivity contribution in [2.75, 3.05) is 19.7 Å². The summed E-state index contributed by atoms with van der Waals surface area (Å²) in [5, 5.41) is 23.9. The number of ether oxygens (including phenoxy) is 1. The number of aliphatic hydroxyl groups is 2. The summed E-state index contributed by atoms with van der Waals surface area (Å²) >= 11 is 0. The van der Waals surface area contributed by atoms with E-state index in [9.17, 15) is 14.7 Å². The van der Waals surface area contributed by atoms with E-state index >= 15 is 0 Å². The molecule has 2 heterocycles. The maximum absolute atomic E-state index is 12.1. The molecule has 0 radical (unpaired) electrons. The first kappa shape index (κ1) is 23.8. The van der Waals surface area contributed by atoms with Crippen molar-refractivity contribution >= 4 is 11.8 Å². The molecule has 2 aliphatic rings. The Hall–Kier alpha value is -1.44. The second-order valence-electron chi connectivity index (χ2n) is 8.28. The van der Waals surface area contributed by atoms with Gasteiger partial charge in [-0.25, -0.2) is 0 Å². The standard InChI is InChI=1S/C22H38N2O5/c1-2-3-5-10-21(27)24-14-22(28)23-13-18-17(19-11-12-20(18)29-19)9-7-4-6-8-16(26)15-25/h4,7,16-20,25-26H,2-3,5-6,8-15H2,1H3,(H,23,28)(H,24,27)/t16-,17?,18-,19+,20-/m1/s1. The van der Waals surface area contributed by atoms with Crippen LogP contribution in [0.5, 0.6) is 0 Å². The van der Waals surface area contributed by atoms with Crippen molar-refractivity contribution < 1.29 is 24.5 Å². The van der Waals surface area contributed by atoms with E-state index in [0.29, 0.717) is 31.2 Å². The van der Waals surface area contributed by atoms with Crippen molar-refractivity contribution in [3.8, 4) is 0 Å². The molecule has 0 aromatic carbocycles. The summed E-state index contributed by atoms with van der Waals surface area (Å²) in [6, 6.07) is 0. The van der Waals surface area contributed by atoms with E-state index in [1.165, 1.54) is 0 Å². The van der Waals surface area contributed by atoms with Gasteiger partial charge in [0.05, 0.1) is 31.5 Å². The molecule has 2 bridgehead atoms. The third-order valence-corrected chi connectivity index (χ3v) is 6.03. The SMILES string of the molecule is CCCCCC(=O)NCC(=O)NC[C@@H]1C(CC=CCC[C@@H](O)CO)[C@@H]2CC[C@H]1O2. The smallest absolute Gasteiger partial charge is 0.239 e. The zero-order chi connectivity index (χ0) is 21.1. The normalized spacial score (nSPS) is 26.7. The highest BCUT2D eigenvalue weighted by Gasteiger charge is 2.47. The van der Waals surface area contributed by atoms with Crippen LogP contribution in [0.4, 0.5) is 0 Å². The molecule has 166 valence electrons. The number of nitrogens with one attached hydrogen (secondary N) is 2. The van der Waals surface area contributed by atoms with Crippen LogP contribution in [0.3, 0.4) is 0 Å². The molecule has 0 aromatic heterocycles. The zero-order valence-electron chi connectivity index (χ0n) is 17.6. The van der Waals surface area contributed by atoms with Crippen LogP contribution in [-0.4, -0.2) is 60.0 Å². The van der Waals surface area contributed by atoms with Crippen molar-refractivity contribution in [3.05, 3.63) is 12.2 Å². The molecule has 0 saturated carbocycles. The number of aliphatic hydroxyl groups excluding tert-OH is 2. The van der Waals surface area contributed by atoms with Crippen LogP contribution in [0, 0.1) is 11.8 Å². The summed E-state index contributed by atoms with van der Waals surface area (Å²) in [6.07, 6.45) is 11.7. The van der Waals surface area contributed by atoms with Gasteiger partial charge in [0.2, 0.25) is 11.8 Å². The third-order valence-electron chi connectivity index (χ3n) is 6.03. The van der Waals surface area contributed by atoms with Gasteiger partial charge in [-0.1, -0.05) is 31.9 Å². The van der Waals surface area contributed by atoms with Crippen LogP contribution in [0.25, 0.3) is 0 Å². The summed E-state index contributed by atoms with van der Waals surface area (Å²) in [6.45, 7) is 2.50. The van der Waals surface area contributed by atoms with E-state index in [2.05, 4.69) is 29.7 Å². The van der Waals surface area contributed by atoms with E-state index in [-0.39, 0.29) is 37.2 Å². The lowest BCUT2D eigenvalue weighted by atomic mass is 9.77. The van der Waals surface area contributed by atoms with Gasteiger partial charge in [-0.3, -0.25) is 9.59 Å². The number of amides is 2. The second kappa shape index (κ2) is 13.0. The first-order valence-corrected chi connectivity index (χ1v) is 11.2. The van der Waals surface area contributed by atoms with Crippen molar-refractivity contribution in [2.45, 2.75) is 83.0 Å². The zero-order valence-corrected chi connectivity index (χ0v) is 17.6. The Labute approximate surface area is 174 Å². The molecule has 0 aliphatic carbocycles. The number of hydrogen-bond acceptors (Lipinski definition) is 5. The van der Waals surface area contributed by atoms with Crippen LogP contribution in [0.2, 0.25) is 0 Å². The molecular weight excluding hydrogens is 372 g/mol. The van der Waals surface area contributed by atoms with Gasteiger partial charge in [-0.2, -0.15) is 0 Å². The average molecular weight is 411 g/mol. The predicted octanol–water partition coefficient (Wildman–Crippen LogP) is 1.67. The number of unbranched alkanes of at least 4 members (excludes halogenated alkanes) is 2. The summed E-state index contributed by atoms with van der Waals surface area (Å²) in [4.78, 5) is 23.8. The molecule has 0 spiro atoms. The van der Waals surface area contributed by atoms with Crippen molar-refractivity contribution in [1.82, 2.24) is 10.6 Å². The Morgan fingerprint density at radius 1 is 1.10 bits per heavy atom. The fourth-order valence-corrected chi connectivity index (χ4v) is 4.33. The van der Waals surface area contributed by atoms with E-state index < -0.39 is 6.10 Å². The maximum atomic E-state index is 12.1. The second-order valence-corrected chi connectivity index (χ2v) is 8.28. The molecule has 2 saturated heterocycles. The third kappa shape index (κ3) is 8.07. The summed E-state index contributed by atoms with van der Waals surface area (Å²) in [7, 11) is 0. The molecule has 7 nitrogen and oxygen atoms in total. The minimum absolute atomic E-state index is 0.0321. The lowest BCUT2D eigenvalue weighted by Gasteiger charge is -2.27. The predicted molar refractivity (Wildman–Crippen MR) is 111 cm³/mol. The highest BCUT2D eigenvalue weighted by atomic mass is 16.5. The average Bonchev–Trinajstić information content (AvgIpc) is 3.32. The van der Waals surface area contributed by atoms with Gasteiger partial charge in [0.15, 0.2) is 0 Å². The molecule has 2 amide bonds. The van der Waals surface area contributed by atoms with Crippen LogP contribution in [0.1, 0.15) is 64.7 Å². The van der Waals surface area contributed by atoms with Crippen molar-refractivity contribution in [3.63, 3.8) is 0 Å². The molecule has 2 aliphatic heterocycles. The van der Waals surface area contributed by atoms with Gasteiger partial charge < -0.3 is 25.6 Å². The first-order valence-electron chi connectivity index (χ1n) is 11.2. The van der Waals surface area contributed by atoms with Gasteiger partial charge in [-0.05, 0) is 44.4 Å². The van der Waals surface area contributed by atoms with E-state index in [1.807, 2.05) is 0 Å². The number of carbonyl (C=O) groups is 2. The Bertz CT molecular complexity index is 539. The van der Waals surface area contributed by atoms with Gasteiger partial charge >= 0.3 is 0 Å². The summed E-state index contributed by atoms with van der Waals surface area (Å²) in [5.41, 5.74) is 0. The molecule has 29 heavy (non-hydrogen) atoms. The number of rotatable bonds is 14. The number of fused-ring (bicyclic) bond motifs is 2. The topological polar surface area (TPSA) is 108 Å². The molecule has 0 aromatic rings. The molecule has 5 atom stereocenters. The molecule has 2 rings (SSSR count). The van der Waals surface area contributed by atoms with E-state index in [4.69, 9.17) is 9.84 Å². The Balaban J connectivity index is 1.69. The fourth-order valence-electron chi connectivity index (χ4n) is 4.33. The van der Waals surface area contributed by atoms with E-state index in [1.54, 1.807) is 0 Å². The van der Waals surface area contributed by atoms with Crippen LogP contribution < -0.4 is 10.6 Å². The molecule has 1 unspecified atom stereocenters. The van der Waals surface area contributed by atoms with Gasteiger partial charge in [-0.15, -0.1) is 0 Å². The molecular formula is C22H38N2O5. The van der Waals surface area contributed by atoms with Crippen molar-refractivity contribution in [1.29, 1.82) is 0 Å². The van der Waals surface area contributed by atoms with E-state index in [0.717, 1.165) is 44.9 Å². The first-order chi connectivity index (χ1) is 14.0. The molecule has 4 N–H and O–H groups in total. The highest BCUT2D eigenvalue weighted by molar-refractivity contribution is 5.84. The minimum Gasteiger partial charge on any atom is -0.394 e. The van der Waals surface area contributed by atoms with Crippen LogP contribution in [0.15, 0.2) is 12.2 Å². The Kier molecular flexibility index (Phi) is 10.7. The van der Waals surface area contributed by atoms with Gasteiger partial charge in [0, 0.05) is 18.9 Å². The summed E-state index contributed by atoms with van der Waals surface area (Å²) < 4.78 is 6.07. The van der Waals surface area contributed by atoms with Gasteiger partial charge in [0.1, 0.15) is 0 Å². The Morgan fingerprint density at radius 2 is 1.86 bits per heavy atom. The lowest BCUT2D eigenvalue weighted by Crippen LogP contribution is -2.42. The summed E-state index contributed by atoms with van der Waals surface area (Å²) in [5.74, 6) is 0.470. The van der Waals surface area contributed by atoms with Crippen LogP contribution in [-0.2, 0) is 14.3 Å². The quantitative estimate of drug-likeness (QED) is 0.257. The van der Waals surface area contributed by atoms with Crippen molar-refractivity contribution in [2.24, 2.45) is 11.8 Å². The number of allylic oxidation sites excluding steroid dienone is 2. The molecule has 7 heteroatoms. The molecule has 2 fully saturated rings. The largest absolute Gasteiger partial charge is 0.394 e.